The monoisotopic (exact) mass is 519 g/mol. The van der Waals surface area contributed by atoms with Gasteiger partial charge in [0.1, 0.15) is 11.8 Å². The fourth-order valence-corrected chi connectivity index (χ4v) is 6.63. The molecule has 1 aromatic heterocycles. The third-order valence-electron chi connectivity index (χ3n) is 8.53. The minimum Gasteiger partial charge on any atom is -0.492 e. The molecule has 5 heterocycles. The summed E-state index contributed by atoms with van der Waals surface area (Å²) in [6.45, 7) is 3.70. The number of halogens is 1. The van der Waals surface area contributed by atoms with Crippen molar-refractivity contribution in [3.05, 3.63) is 57.7 Å². The highest BCUT2D eigenvalue weighted by molar-refractivity contribution is 6.34. The molecule has 2 fully saturated rings. The summed E-state index contributed by atoms with van der Waals surface area (Å²) in [7, 11) is 0. The van der Waals surface area contributed by atoms with Crippen LogP contribution in [0.4, 0.5) is 0 Å². The summed E-state index contributed by atoms with van der Waals surface area (Å²) >= 11 is 6.11. The van der Waals surface area contributed by atoms with E-state index in [4.69, 9.17) is 16.3 Å². The standard InChI is InChI=1S/C27H26ClN5O4/c28-24-17-2-1-15(11-20(17)30-31-24)12-32-9-7-27(8-10-32)14-37-23-18-13-33(21-5-6-22(34)29-25(21)35)26(36)16(18)3-4-19(23)27/h1-4,11,21H,5-10,12-14H2,(H,30,31)(H,29,34,35). The largest absolute Gasteiger partial charge is 0.492 e. The lowest BCUT2D eigenvalue weighted by atomic mass is 9.74. The van der Waals surface area contributed by atoms with Gasteiger partial charge in [-0.2, -0.15) is 5.10 Å². The van der Waals surface area contributed by atoms with Crippen molar-refractivity contribution >= 4 is 40.2 Å². The van der Waals surface area contributed by atoms with Crippen molar-refractivity contribution < 1.29 is 19.1 Å². The summed E-state index contributed by atoms with van der Waals surface area (Å²) in [6.07, 6.45) is 2.55. The lowest BCUT2D eigenvalue weighted by Gasteiger charge is -2.38. The van der Waals surface area contributed by atoms with Gasteiger partial charge in [0, 0.05) is 40.5 Å². The first-order chi connectivity index (χ1) is 17.9. The zero-order valence-electron chi connectivity index (χ0n) is 20.2. The van der Waals surface area contributed by atoms with Gasteiger partial charge < -0.3 is 9.64 Å². The summed E-state index contributed by atoms with van der Waals surface area (Å²) in [5, 5.41) is 10.9. The molecular formula is C27H26ClN5O4. The molecule has 2 N–H and O–H groups in total. The molecular weight excluding hydrogens is 494 g/mol. The number of carbonyl (C=O) groups is 3. The fourth-order valence-electron chi connectivity index (χ4n) is 6.43. The van der Waals surface area contributed by atoms with Crippen LogP contribution in [0.1, 0.15) is 52.7 Å². The Morgan fingerprint density at radius 2 is 1.97 bits per heavy atom. The Kier molecular flexibility index (Phi) is 5.10. The van der Waals surface area contributed by atoms with E-state index >= 15 is 0 Å². The van der Waals surface area contributed by atoms with Gasteiger partial charge in [-0.3, -0.25) is 29.7 Å². The Morgan fingerprint density at radius 3 is 2.78 bits per heavy atom. The summed E-state index contributed by atoms with van der Waals surface area (Å²) in [6, 6.07) is 9.57. The number of carbonyl (C=O) groups excluding carboxylic acids is 3. The van der Waals surface area contributed by atoms with Gasteiger partial charge in [-0.25, -0.2) is 0 Å². The van der Waals surface area contributed by atoms with E-state index in [9.17, 15) is 14.4 Å². The highest BCUT2D eigenvalue weighted by atomic mass is 35.5. The number of amides is 3. The zero-order chi connectivity index (χ0) is 25.3. The molecule has 4 aliphatic rings. The number of fused-ring (bicyclic) bond motifs is 5. The molecule has 2 aromatic carbocycles. The van der Waals surface area contributed by atoms with Gasteiger partial charge in [-0.1, -0.05) is 23.7 Å². The molecule has 7 rings (SSSR count). The number of imide groups is 1. The van der Waals surface area contributed by atoms with Crippen LogP contribution in [0.2, 0.25) is 5.15 Å². The van der Waals surface area contributed by atoms with Crippen molar-refractivity contribution in [2.45, 2.75) is 50.2 Å². The number of H-pyrrole nitrogens is 1. The number of aromatic nitrogens is 2. The molecule has 1 atom stereocenters. The smallest absolute Gasteiger partial charge is 0.255 e. The number of likely N-dealkylation sites (tertiary alicyclic amines) is 1. The Hall–Kier alpha value is -3.43. The molecule has 0 radical (unpaired) electrons. The number of benzene rings is 2. The number of nitrogens with one attached hydrogen (secondary N) is 2. The van der Waals surface area contributed by atoms with E-state index in [-0.39, 0.29) is 23.7 Å². The molecule has 3 amide bonds. The Labute approximate surface area is 218 Å². The van der Waals surface area contributed by atoms with Gasteiger partial charge in [0.2, 0.25) is 11.8 Å². The lowest BCUT2D eigenvalue weighted by Crippen LogP contribution is -2.52. The number of hydrogen-bond donors (Lipinski definition) is 2. The quantitative estimate of drug-likeness (QED) is 0.515. The fraction of sp³-hybridized carbons (Fsp3) is 0.407. The van der Waals surface area contributed by atoms with E-state index < -0.39 is 11.9 Å². The summed E-state index contributed by atoms with van der Waals surface area (Å²) in [5.41, 5.74) is 4.76. The first kappa shape index (κ1) is 22.7. The third-order valence-corrected chi connectivity index (χ3v) is 8.82. The van der Waals surface area contributed by atoms with Gasteiger partial charge in [0.15, 0.2) is 5.15 Å². The number of piperidine rings is 2. The number of aromatic amines is 1. The van der Waals surface area contributed by atoms with Gasteiger partial charge in [-0.05, 0) is 56.1 Å². The van der Waals surface area contributed by atoms with Crippen LogP contribution >= 0.6 is 11.6 Å². The first-order valence-electron chi connectivity index (χ1n) is 12.7. The van der Waals surface area contributed by atoms with Crippen LogP contribution in [-0.4, -0.2) is 63.5 Å². The van der Waals surface area contributed by atoms with Crippen molar-refractivity contribution in [2.75, 3.05) is 19.7 Å². The Bertz CT molecular complexity index is 1470. The number of hydrogen-bond acceptors (Lipinski definition) is 6. The van der Waals surface area contributed by atoms with Gasteiger partial charge >= 0.3 is 0 Å². The molecule has 0 saturated carbocycles. The predicted octanol–water partition coefficient (Wildman–Crippen LogP) is 2.90. The topological polar surface area (TPSA) is 108 Å². The molecule has 4 aliphatic heterocycles. The van der Waals surface area contributed by atoms with Gasteiger partial charge in [0.25, 0.3) is 5.91 Å². The van der Waals surface area contributed by atoms with E-state index in [0.29, 0.717) is 30.3 Å². The van der Waals surface area contributed by atoms with Crippen LogP contribution in [0, 0.1) is 0 Å². The normalized spacial score (nSPS) is 22.9. The zero-order valence-corrected chi connectivity index (χ0v) is 20.9. The van der Waals surface area contributed by atoms with Gasteiger partial charge in [-0.15, -0.1) is 0 Å². The van der Waals surface area contributed by atoms with Gasteiger partial charge in [0.05, 0.1) is 18.7 Å². The van der Waals surface area contributed by atoms with Crippen molar-refractivity contribution in [3.63, 3.8) is 0 Å². The molecule has 1 spiro atoms. The molecule has 37 heavy (non-hydrogen) atoms. The number of ether oxygens (including phenoxy) is 1. The molecule has 9 nitrogen and oxygen atoms in total. The molecule has 0 aliphatic carbocycles. The van der Waals surface area contributed by atoms with Crippen molar-refractivity contribution in [3.8, 4) is 5.75 Å². The summed E-state index contributed by atoms with van der Waals surface area (Å²) in [5.74, 6) is -0.0272. The van der Waals surface area contributed by atoms with E-state index in [2.05, 4.69) is 38.6 Å². The molecule has 3 aromatic rings. The summed E-state index contributed by atoms with van der Waals surface area (Å²) < 4.78 is 6.29. The number of rotatable bonds is 3. The first-order valence-corrected chi connectivity index (χ1v) is 13.1. The highest BCUT2D eigenvalue weighted by Gasteiger charge is 2.47. The van der Waals surface area contributed by atoms with E-state index in [0.717, 1.165) is 54.7 Å². The summed E-state index contributed by atoms with van der Waals surface area (Å²) in [4.78, 5) is 41.2. The molecule has 2 saturated heterocycles. The van der Waals surface area contributed by atoms with E-state index in [1.165, 1.54) is 11.1 Å². The molecule has 10 heteroatoms. The maximum atomic E-state index is 13.2. The van der Waals surface area contributed by atoms with Crippen molar-refractivity contribution in [1.29, 1.82) is 0 Å². The van der Waals surface area contributed by atoms with Crippen LogP contribution in [-0.2, 0) is 28.1 Å². The van der Waals surface area contributed by atoms with Crippen molar-refractivity contribution in [2.24, 2.45) is 0 Å². The Balaban J connectivity index is 1.07. The Morgan fingerprint density at radius 1 is 1.14 bits per heavy atom. The van der Waals surface area contributed by atoms with E-state index in [1.807, 2.05) is 12.1 Å². The predicted molar refractivity (Wildman–Crippen MR) is 135 cm³/mol. The average Bonchev–Trinajstić information content (AvgIpc) is 3.55. The van der Waals surface area contributed by atoms with Crippen LogP contribution in [0.5, 0.6) is 5.75 Å². The van der Waals surface area contributed by atoms with Crippen LogP contribution < -0.4 is 10.1 Å². The minimum atomic E-state index is -0.621. The lowest BCUT2D eigenvalue weighted by molar-refractivity contribution is -0.136. The third kappa shape index (κ3) is 3.55. The molecule has 0 bridgehead atoms. The highest BCUT2D eigenvalue weighted by Crippen LogP contribution is 2.49. The SMILES string of the molecule is O=C1CCC(N2Cc3c(ccc4c3OCC43CCN(Cc4ccc5c(Cl)n[nH]c5c4)CC3)C2=O)C(=O)N1. The molecule has 190 valence electrons. The second-order valence-electron chi connectivity index (χ2n) is 10.6. The number of nitrogens with zero attached hydrogens (tertiary/aromatic N) is 3. The minimum absolute atomic E-state index is 0.0627. The molecule has 1 unspecified atom stereocenters. The van der Waals surface area contributed by atoms with Crippen LogP contribution in [0.3, 0.4) is 0 Å². The van der Waals surface area contributed by atoms with Crippen LogP contribution in [0.25, 0.3) is 10.9 Å². The van der Waals surface area contributed by atoms with Crippen molar-refractivity contribution in [1.82, 2.24) is 25.3 Å². The van der Waals surface area contributed by atoms with E-state index in [1.54, 1.807) is 4.90 Å². The average molecular weight is 520 g/mol. The second-order valence-corrected chi connectivity index (χ2v) is 11.0. The van der Waals surface area contributed by atoms with Crippen LogP contribution in [0.15, 0.2) is 30.3 Å². The maximum absolute atomic E-state index is 13.2. The maximum Gasteiger partial charge on any atom is 0.255 e. The second kappa shape index (κ2) is 8.29.